The molecule has 1 fully saturated rings. The van der Waals surface area contributed by atoms with Gasteiger partial charge in [-0.2, -0.15) is 13.2 Å². The topological polar surface area (TPSA) is 58.2 Å². The number of carbonyl (C=O) groups excluding carboxylic acids is 2. The smallest absolute Gasteiger partial charge is 0.342 e. The molecule has 2 N–H and O–H groups in total. The van der Waals surface area contributed by atoms with E-state index in [0.29, 0.717) is 10.6 Å². The fourth-order valence-electron chi connectivity index (χ4n) is 1.60. The van der Waals surface area contributed by atoms with Crippen LogP contribution in [0.4, 0.5) is 18.2 Å². The Bertz CT molecular complexity index is 535. The third kappa shape index (κ3) is 3.96. The van der Waals surface area contributed by atoms with Crippen molar-refractivity contribution in [2.24, 2.45) is 5.92 Å². The summed E-state index contributed by atoms with van der Waals surface area (Å²) in [5, 5.41) is 4.97. The Morgan fingerprint density at radius 2 is 2.05 bits per heavy atom. The average molecular weight is 306 g/mol. The average Bonchev–Trinajstić information content (AvgIpc) is 3.11. The van der Waals surface area contributed by atoms with Gasteiger partial charge in [-0.3, -0.25) is 9.59 Å². The van der Waals surface area contributed by atoms with Crippen molar-refractivity contribution in [3.63, 3.8) is 0 Å². The molecule has 2 amide bonds. The van der Waals surface area contributed by atoms with Gasteiger partial charge in [0.05, 0.1) is 9.88 Å². The predicted octanol–water partition coefficient (Wildman–Crippen LogP) is 2.70. The van der Waals surface area contributed by atoms with Crippen molar-refractivity contribution in [3.8, 4) is 0 Å². The molecule has 0 radical (unpaired) electrons. The van der Waals surface area contributed by atoms with E-state index in [1.165, 1.54) is 0 Å². The molecule has 110 valence electrons. The fourth-order valence-corrected chi connectivity index (χ4v) is 2.59. The maximum Gasteiger partial charge on any atom is 0.405 e. The molecular weight excluding hydrogens is 293 g/mol. The highest BCUT2D eigenvalue weighted by Crippen LogP contribution is 2.32. The van der Waals surface area contributed by atoms with Gasteiger partial charge in [0.1, 0.15) is 6.54 Å². The summed E-state index contributed by atoms with van der Waals surface area (Å²) in [6.07, 6.45) is -2.73. The minimum atomic E-state index is -4.44. The third-order valence-corrected chi connectivity index (χ3v) is 3.92. The van der Waals surface area contributed by atoms with Crippen LogP contribution in [0.5, 0.6) is 0 Å². The van der Waals surface area contributed by atoms with Gasteiger partial charge in [0.25, 0.3) is 5.91 Å². The molecule has 1 aromatic rings. The van der Waals surface area contributed by atoms with Crippen molar-refractivity contribution in [3.05, 3.63) is 16.5 Å². The number of halogens is 3. The molecule has 20 heavy (non-hydrogen) atoms. The number of thiophene rings is 1. The van der Waals surface area contributed by atoms with E-state index in [-0.39, 0.29) is 16.7 Å². The number of nitrogens with one attached hydrogen (secondary N) is 2. The van der Waals surface area contributed by atoms with Crippen LogP contribution in [0, 0.1) is 12.8 Å². The van der Waals surface area contributed by atoms with Gasteiger partial charge in [0.15, 0.2) is 0 Å². The number of aryl methyl sites for hydroxylation is 1. The lowest BCUT2D eigenvalue weighted by Gasteiger charge is -2.07. The highest BCUT2D eigenvalue weighted by Gasteiger charge is 2.31. The summed E-state index contributed by atoms with van der Waals surface area (Å²) in [6, 6.07) is 1.59. The van der Waals surface area contributed by atoms with E-state index in [1.54, 1.807) is 13.0 Å². The van der Waals surface area contributed by atoms with Crippen molar-refractivity contribution in [2.75, 3.05) is 11.9 Å². The number of alkyl halides is 3. The molecule has 1 aliphatic rings. The lowest BCUT2D eigenvalue weighted by Crippen LogP contribution is -2.33. The van der Waals surface area contributed by atoms with E-state index in [0.717, 1.165) is 24.2 Å². The minimum absolute atomic E-state index is 0.0277. The molecule has 0 spiro atoms. The fraction of sp³-hybridized carbons (Fsp3) is 0.500. The van der Waals surface area contributed by atoms with Crippen molar-refractivity contribution >= 4 is 28.2 Å². The number of hydrogen-bond donors (Lipinski definition) is 2. The van der Waals surface area contributed by atoms with Crippen LogP contribution >= 0.6 is 11.3 Å². The number of amides is 2. The first kappa shape index (κ1) is 14.8. The second-order valence-corrected chi connectivity index (χ2v) is 5.74. The summed E-state index contributed by atoms with van der Waals surface area (Å²) >= 11 is 0.980. The summed E-state index contributed by atoms with van der Waals surface area (Å²) in [5.41, 5.74) is 0.542. The Morgan fingerprint density at radius 1 is 1.40 bits per heavy atom. The number of anilines is 1. The molecule has 8 heteroatoms. The first-order chi connectivity index (χ1) is 9.26. The van der Waals surface area contributed by atoms with Gasteiger partial charge in [-0.15, -0.1) is 11.3 Å². The van der Waals surface area contributed by atoms with Gasteiger partial charge < -0.3 is 10.6 Å². The molecule has 4 nitrogen and oxygen atoms in total. The Kier molecular flexibility index (Phi) is 4.03. The van der Waals surface area contributed by atoms with E-state index in [1.807, 2.05) is 5.32 Å². The number of rotatable bonds is 4. The largest absolute Gasteiger partial charge is 0.405 e. The summed E-state index contributed by atoms with van der Waals surface area (Å²) in [6.45, 7) is 0.249. The zero-order valence-electron chi connectivity index (χ0n) is 10.6. The van der Waals surface area contributed by atoms with Crippen LogP contribution in [-0.4, -0.2) is 24.5 Å². The number of hydrogen-bond acceptors (Lipinski definition) is 3. The Labute approximate surface area is 117 Å². The van der Waals surface area contributed by atoms with E-state index < -0.39 is 18.6 Å². The van der Waals surface area contributed by atoms with E-state index in [4.69, 9.17) is 0 Å². The summed E-state index contributed by atoms with van der Waals surface area (Å²) < 4.78 is 36.1. The van der Waals surface area contributed by atoms with Crippen molar-refractivity contribution < 1.29 is 22.8 Å². The van der Waals surface area contributed by atoms with E-state index in [2.05, 4.69) is 5.32 Å². The summed E-state index contributed by atoms with van der Waals surface area (Å²) in [5.74, 6) is -0.856. The van der Waals surface area contributed by atoms with E-state index >= 15 is 0 Å². The van der Waals surface area contributed by atoms with Crippen molar-refractivity contribution in [2.45, 2.75) is 25.9 Å². The van der Waals surface area contributed by atoms with Gasteiger partial charge in [-0.25, -0.2) is 0 Å². The zero-order valence-corrected chi connectivity index (χ0v) is 11.5. The Morgan fingerprint density at radius 3 is 2.60 bits per heavy atom. The molecule has 2 rings (SSSR count). The quantitative estimate of drug-likeness (QED) is 0.898. The van der Waals surface area contributed by atoms with E-state index in [9.17, 15) is 22.8 Å². The maximum atomic E-state index is 12.0. The Hall–Kier alpha value is -1.57. The van der Waals surface area contributed by atoms with Gasteiger partial charge in [0.2, 0.25) is 5.91 Å². The van der Waals surface area contributed by atoms with Crippen LogP contribution in [-0.2, 0) is 4.79 Å². The molecule has 1 saturated carbocycles. The Balaban J connectivity index is 1.99. The van der Waals surface area contributed by atoms with Gasteiger partial charge >= 0.3 is 6.18 Å². The molecule has 0 unspecified atom stereocenters. The van der Waals surface area contributed by atoms with Crippen LogP contribution < -0.4 is 10.6 Å². The van der Waals surface area contributed by atoms with Crippen LogP contribution in [0.25, 0.3) is 0 Å². The first-order valence-corrected chi connectivity index (χ1v) is 6.84. The maximum absolute atomic E-state index is 12.0. The normalized spacial score (nSPS) is 15.0. The molecular formula is C12H13F3N2O2S. The second kappa shape index (κ2) is 5.43. The molecule has 1 heterocycles. The molecule has 0 aromatic carbocycles. The number of carbonyl (C=O) groups is 2. The van der Waals surface area contributed by atoms with Crippen molar-refractivity contribution in [1.29, 1.82) is 0 Å². The SMILES string of the molecule is Cc1cc(NC(=O)C2CC2)sc1C(=O)NCC(F)(F)F. The predicted molar refractivity (Wildman–Crippen MR) is 68.8 cm³/mol. The van der Waals surface area contributed by atoms with Gasteiger partial charge in [-0.05, 0) is 31.4 Å². The summed E-state index contributed by atoms with van der Waals surface area (Å²) in [7, 11) is 0. The molecule has 0 atom stereocenters. The monoisotopic (exact) mass is 306 g/mol. The summed E-state index contributed by atoms with van der Waals surface area (Å²) in [4.78, 5) is 23.4. The van der Waals surface area contributed by atoms with Gasteiger partial charge in [0, 0.05) is 5.92 Å². The third-order valence-electron chi connectivity index (χ3n) is 2.77. The van der Waals surface area contributed by atoms with Crippen LogP contribution in [0.15, 0.2) is 6.07 Å². The minimum Gasteiger partial charge on any atom is -0.342 e. The zero-order chi connectivity index (χ0) is 14.9. The van der Waals surface area contributed by atoms with Crippen LogP contribution in [0.3, 0.4) is 0 Å². The van der Waals surface area contributed by atoms with Crippen molar-refractivity contribution in [1.82, 2.24) is 5.32 Å². The molecule has 1 aliphatic carbocycles. The molecule has 0 bridgehead atoms. The molecule has 0 saturated heterocycles. The lowest BCUT2D eigenvalue weighted by molar-refractivity contribution is -0.123. The van der Waals surface area contributed by atoms with Gasteiger partial charge in [-0.1, -0.05) is 0 Å². The second-order valence-electron chi connectivity index (χ2n) is 4.68. The van der Waals surface area contributed by atoms with Crippen LogP contribution in [0.2, 0.25) is 0 Å². The van der Waals surface area contributed by atoms with Crippen LogP contribution in [0.1, 0.15) is 28.1 Å². The first-order valence-electron chi connectivity index (χ1n) is 6.02. The molecule has 0 aliphatic heterocycles. The standard InChI is InChI=1S/C12H13F3N2O2S/c1-6-4-8(17-10(18)7-2-3-7)20-9(6)11(19)16-5-12(13,14)15/h4,7H,2-3,5H2,1H3,(H,16,19)(H,17,18). The highest BCUT2D eigenvalue weighted by molar-refractivity contribution is 7.18. The lowest BCUT2D eigenvalue weighted by atomic mass is 10.2. The highest BCUT2D eigenvalue weighted by atomic mass is 32.1. The molecule has 1 aromatic heterocycles.